The molecule has 11 nitrogen and oxygen atoms in total. The summed E-state index contributed by atoms with van der Waals surface area (Å²) in [5, 5.41) is 4.22. The van der Waals surface area contributed by atoms with E-state index in [4.69, 9.17) is 13.9 Å². The van der Waals surface area contributed by atoms with Gasteiger partial charge in [-0.3, -0.25) is 19.3 Å². The lowest BCUT2D eigenvalue weighted by atomic mass is 9.64. The molecule has 0 spiro atoms. The Morgan fingerprint density at radius 1 is 0.980 bits per heavy atom. The highest BCUT2D eigenvalue weighted by atomic mass is 16.5. The van der Waals surface area contributed by atoms with E-state index in [2.05, 4.69) is 33.4 Å². The van der Waals surface area contributed by atoms with Crippen molar-refractivity contribution >= 4 is 28.6 Å². The van der Waals surface area contributed by atoms with Crippen LogP contribution in [0.2, 0.25) is 0 Å². The van der Waals surface area contributed by atoms with Crippen molar-refractivity contribution in [2.75, 3.05) is 72.2 Å². The van der Waals surface area contributed by atoms with Gasteiger partial charge in [0.25, 0.3) is 0 Å². The number of hydrogen-bond donors (Lipinski definition) is 2. The first-order valence-electron chi connectivity index (χ1n) is 18.9. The number of piperidine rings is 1. The Balaban J connectivity index is 1.15. The number of rotatable bonds is 10. The Bertz CT molecular complexity index is 1670. The first-order valence-corrected chi connectivity index (χ1v) is 18.9. The summed E-state index contributed by atoms with van der Waals surface area (Å²) in [6.07, 6.45) is 9.42. The fourth-order valence-corrected chi connectivity index (χ4v) is 9.62. The minimum absolute atomic E-state index is 0.00589. The standard InChI is InChI=1S/C39H51N5O6/c45-35(40-12-14-42-15-20-48-21-16-42)26-29-24-32(38(47)43-17-22-49-23-18-43)39(11-9-27-4-1-2-5-27)36-31(10-13-44(39)37(29)46)30-8-7-28(25-33(30)41-36)34-6-3-19-50-34/h3,6-8,19,25,27,29,32,41H,1-2,4-5,9-18,20-24,26H2,(H,40,45)/t29-,32-,39+/m1/s1. The Hall–Kier alpha value is -3.67. The second kappa shape index (κ2) is 14.5. The van der Waals surface area contributed by atoms with Crippen LogP contribution in [0.4, 0.5) is 0 Å². The summed E-state index contributed by atoms with van der Waals surface area (Å²) in [6.45, 7) is 7.08. The second-order valence-electron chi connectivity index (χ2n) is 15.0. The third kappa shape index (κ3) is 6.37. The highest BCUT2D eigenvalue weighted by Crippen LogP contribution is 2.54. The number of hydrogen-bond acceptors (Lipinski definition) is 7. The Morgan fingerprint density at radius 2 is 1.76 bits per heavy atom. The lowest BCUT2D eigenvalue weighted by Crippen LogP contribution is -2.66. The molecule has 2 aromatic heterocycles. The van der Waals surface area contributed by atoms with Gasteiger partial charge in [0.2, 0.25) is 17.7 Å². The highest BCUT2D eigenvalue weighted by Gasteiger charge is 2.59. The van der Waals surface area contributed by atoms with Crippen LogP contribution in [0.5, 0.6) is 0 Å². The van der Waals surface area contributed by atoms with Gasteiger partial charge in [-0.15, -0.1) is 0 Å². The predicted molar refractivity (Wildman–Crippen MR) is 188 cm³/mol. The van der Waals surface area contributed by atoms with E-state index in [1.807, 2.05) is 21.9 Å². The molecule has 3 atom stereocenters. The van der Waals surface area contributed by atoms with E-state index < -0.39 is 17.4 Å². The third-order valence-corrected chi connectivity index (χ3v) is 12.2. The van der Waals surface area contributed by atoms with Gasteiger partial charge in [0.1, 0.15) is 5.76 Å². The molecule has 11 heteroatoms. The molecule has 3 amide bonds. The maximum absolute atomic E-state index is 14.9. The van der Waals surface area contributed by atoms with Crippen molar-refractivity contribution in [3.63, 3.8) is 0 Å². The first kappa shape index (κ1) is 33.5. The quantitative estimate of drug-likeness (QED) is 0.327. The molecule has 1 aliphatic carbocycles. The molecule has 1 saturated carbocycles. The van der Waals surface area contributed by atoms with Crippen molar-refractivity contribution in [2.24, 2.45) is 17.8 Å². The number of aromatic amines is 1. The molecule has 8 rings (SSSR count). The van der Waals surface area contributed by atoms with Crippen LogP contribution in [0, 0.1) is 17.8 Å². The summed E-state index contributed by atoms with van der Waals surface area (Å²) < 4.78 is 16.8. The SMILES string of the molecule is O=C(C[C@H]1C[C@H](C(=O)N2CCOCC2)[C@@]2(CCC3CCCC3)c3[nH]c4cc(-c5ccco5)ccc4c3CCN2C1=O)NCCN1CCOCC1. The van der Waals surface area contributed by atoms with E-state index in [0.29, 0.717) is 71.4 Å². The summed E-state index contributed by atoms with van der Waals surface area (Å²) in [5.41, 5.74) is 3.40. The number of aromatic nitrogens is 1. The van der Waals surface area contributed by atoms with Gasteiger partial charge < -0.3 is 34.0 Å². The lowest BCUT2D eigenvalue weighted by molar-refractivity contribution is -0.169. The number of furan rings is 1. The number of ether oxygens (including phenoxy) is 2. The van der Waals surface area contributed by atoms with Crippen LogP contribution in [0.25, 0.3) is 22.2 Å². The van der Waals surface area contributed by atoms with E-state index in [-0.39, 0.29) is 24.1 Å². The Labute approximate surface area is 294 Å². The average Bonchev–Trinajstić information content (AvgIpc) is 3.95. The molecule has 4 fully saturated rings. The fourth-order valence-electron chi connectivity index (χ4n) is 9.62. The number of H-pyrrole nitrogens is 1. The average molecular weight is 686 g/mol. The molecule has 5 aliphatic rings. The van der Waals surface area contributed by atoms with Crippen molar-refractivity contribution in [2.45, 2.75) is 63.3 Å². The topological polar surface area (TPSA) is 120 Å². The molecule has 0 unspecified atom stereocenters. The van der Waals surface area contributed by atoms with Crippen LogP contribution in [0.3, 0.4) is 0 Å². The maximum atomic E-state index is 14.9. The molecule has 1 aromatic carbocycles. The first-order chi connectivity index (χ1) is 24.5. The van der Waals surface area contributed by atoms with Crippen LogP contribution in [-0.2, 0) is 35.8 Å². The van der Waals surface area contributed by atoms with Crippen LogP contribution < -0.4 is 5.32 Å². The molecule has 6 heterocycles. The second-order valence-corrected chi connectivity index (χ2v) is 15.0. The van der Waals surface area contributed by atoms with Crippen molar-refractivity contribution < 1.29 is 28.3 Å². The maximum Gasteiger partial charge on any atom is 0.228 e. The van der Waals surface area contributed by atoms with Gasteiger partial charge in [0.05, 0.1) is 44.1 Å². The third-order valence-electron chi connectivity index (χ3n) is 12.2. The normalized spacial score (nSPS) is 26.3. The molecule has 50 heavy (non-hydrogen) atoms. The molecule has 268 valence electrons. The van der Waals surface area contributed by atoms with Gasteiger partial charge >= 0.3 is 0 Å². The van der Waals surface area contributed by atoms with Gasteiger partial charge in [-0.25, -0.2) is 0 Å². The van der Waals surface area contributed by atoms with Gasteiger partial charge in [-0.05, 0) is 55.4 Å². The molecule has 0 radical (unpaired) electrons. The van der Waals surface area contributed by atoms with Gasteiger partial charge in [-0.1, -0.05) is 37.8 Å². The predicted octanol–water partition coefficient (Wildman–Crippen LogP) is 4.31. The molecule has 2 N–H and O–H groups in total. The Kier molecular flexibility index (Phi) is 9.72. The van der Waals surface area contributed by atoms with Gasteiger partial charge in [0.15, 0.2) is 0 Å². The number of nitrogens with one attached hydrogen (secondary N) is 2. The summed E-state index contributed by atoms with van der Waals surface area (Å²) in [6, 6.07) is 10.3. The number of carbonyl (C=O) groups is 3. The van der Waals surface area contributed by atoms with Gasteiger partial charge in [0, 0.05) is 80.3 Å². The van der Waals surface area contributed by atoms with Crippen molar-refractivity contribution in [1.29, 1.82) is 0 Å². The zero-order valence-corrected chi connectivity index (χ0v) is 29.1. The number of amides is 3. The molecule has 0 bridgehead atoms. The smallest absolute Gasteiger partial charge is 0.228 e. The number of fused-ring (bicyclic) bond motifs is 5. The Morgan fingerprint density at radius 3 is 2.52 bits per heavy atom. The van der Waals surface area contributed by atoms with Crippen LogP contribution in [0.15, 0.2) is 41.0 Å². The van der Waals surface area contributed by atoms with Crippen LogP contribution in [-0.4, -0.2) is 110 Å². The minimum atomic E-state index is -0.810. The number of morpholine rings is 2. The van der Waals surface area contributed by atoms with Crippen molar-refractivity contribution in [3.8, 4) is 11.3 Å². The molecule has 3 aromatic rings. The number of nitrogens with zero attached hydrogens (tertiary/aromatic N) is 3. The summed E-state index contributed by atoms with van der Waals surface area (Å²) in [7, 11) is 0. The van der Waals surface area contributed by atoms with Crippen molar-refractivity contribution in [1.82, 2.24) is 25.0 Å². The van der Waals surface area contributed by atoms with Crippen LogP contribution >= 0.6 is 0 Å². The minimum Gasteiger partial charge on any atom is -0.464 e. The molecular weight excluding hydrogens is 634 g/mol. The zero-order chi connectivity index (χ0) is 34.1. The number of carbonyl (C=O) groups excluding carboxylic acids is 3. The van der Waals surface area contributed by atoms with Crippen molar-refractivity contribution in [3.05, 3.63) is 47.9 Å². The highest BCUT2D eigenvalue weighted by molar-refractivity contribution is 5.94. The van der Waals surface area contributed by atoms with Gasteiger partial charge in [-0.2, -0.15) is 0 Å². The van der Waals surface area contributed by atoms with E-state index >= 15 is 0 Å². The van der Waals surface area contributed by atoms with Crippen LogP contribution in [0.1, 0.15) is 62.6 Å². The van der Waals surface area contributed by atoms with E-state index in [0.717, 1.165) is 60.4 Å². The molecule has 3 saturated heterocycles. The largest absolute Gasteiger partial charge is 0.464 e. The molecule has 4 aliphatic heterocycles. The summed E-state index contributed by atoms with van der Waals surface area (Å²) >= 11 is 0. The summed E-state index contributed by atoms with van der Waals surface area (Å²) in [5.74, 6) is 0.338. The van der Waals surface area contributed by atoms with E-state index in [9.17, 15) is 14.4 Å². The zero-order valence-electron chi connectivity index (χ0n) is 29.1. The van der Waals surface area contributed by atoms with E-state index in [1.165, 1.54) is 31.2 Å². The summed E-state index contributed by atoms with van der Waals surface area (Å²) in [4.78, 5) is 53.2. The fraction of sp³-hybridized carbons (Fsp3) is 0.615. The molecular formula is C39H51N5O6. The number of benzene rings is 1. The van der Waals surface area contributed by atoms with E-state index in [1.54, 1.807) is 6.26 Å². The monoisotopic (exact) mass is 685 g/mol. The lowest BCUT2D eigenvalue weighted by Gasteiger charge is -2.56.